The maximum absolute atomic E-state index is 2.31. The van der Waals surface area contributed by atoms with Gasteiger partial charge in [-0.2, -0.15) is 0 Å². The maximum atomic E-state index is 2.31. The normalized spacial score (nSPS) is 11.2. The van der Waals surface area contributed by atoms with Crippen molar-refractivity contribution in [3.8, 4) is 0 Å². The molecule has 0 radical (unpaired) electrons. The van der Waals surface area contributed by atoms with Gasteiger partial charge in [0.05, 0.1) is 0 Å². The van der Waals surface area contributed by atoms with Crippen molar-refractivity contribution < 1.29 is 0 Å². The van der Waals surface area contributed by atoms with Gasteiger partial charge in [0.15, 0.2) is 0 Å². The van der Waals surface area contributed by atoms with Gasteiger partial charge in [0.2, 0.25) is 0 Å². The van der Waals surface area contributed by atoms with Crippen molar-refractivity contribution in [3.05, 3.63) is 68.8 Å². The molecule has 0 fully saturated rings. The molecular weight excluding hydrogens is 252 g/mol. The number of hydrogen-bond donors (Lipinski definition) is 0. The van der Waals surface area contributed by atoms with Crippen LogP contribution in [0.15, 0.2) is 24.3 Å². The second-order valence-corrected chi connectivity index (χ2v) is 6.44. The lowest BCUT2D eigenvalue weighted by Gasteiger charge is -2.26. The molecule has 0 N–H and O–H groups in total. The lowest BCUT2D eigenvalue weighted by atomic mass is 9.78. The van der Waals surface area contributed by atoms with E-state index in [1.807, 2.05) is 0 Å². The highest BCUT2D eigenvalue weighted by molar-refractivity contribution is 5.51. The van der Waals surface area contributed by atoms with E-state index in [0.29, 0.717) is 5.92 Å². The minimum Gasteiger partial charge on any atom is -0.0645 e. The van der Waals surface area contributed by atoms with E-state index in [1.165, 1.54) is 44.5 Å². The van der Waals surface area contributed by atoms with Gasteiger partial charge in [0.1, 0.15) is 0 Å². The first-order chi connectivity index (χ1) is 9.88. The van der Waals surface area contributed by atoms with E-state index in [1.54, 1.807) is 0 Å². The van der Waals surface area contributed by atoms with Crippen LogP contribution in [0.4, 0.5) is 0 Å². The topological polar surface area (TPSA) is 0 Å². The van der Waals surface area contributed by atoms with E-state index >= 15 is 0 Å². The van der Waals surface area contributed by atoms with Gasteiger partial charge in [-0.05, 0) is 92.5 Å². The van der Waals surface area contributed by atoms with Gasteiger partial charge in [-0.25, -0.2) is 0 Å². The van der Waals surface area contributed by atoms with Crippen LogP contribution >= 0.6 is 0 Å². The quantitative estimate of drug-likeness (QED) is 0.639. The summed E-state index contributed by atoms with van der Waals surface area (Å²) >= 11 is 0. The molecule has 21 heavy (non-hydrogen) atoms. The number of benzene rings is 2. The average molecular weight is 280 g/mol. The van der Waals surface area contributed by atoms with Crippen LogP contribution in [-0.4, -0.2) is 0 Å². The Morgan fingerprint density at radius 1 is 0.619 bits per heavy atom. The largest absolute Gasteiger partial charge is 0.0645 e. The van der Waals surface area contributed by atoms with Crippen LogP contribution in [0.1, 0.15) is 63.8 Å². The van der Waals surface area contributed by atoms with E-state index in [9.17, 15) is 0 Å². The van der Waals surface area contributed by atoms with Crippen molar-refractivity contribution in [1.82, 2.24) is 0 Å². The third-order valence-corrected chi connectivity index (χ3v) is 5.11. The summed E-state index contributed by atoms with van der Waals surface area (Å²) in [5, 5.41) is 0. The predicted octanol–water partition coefficient (Wildman–Crippen LogP) is 6.08. The van der Waals surface area contributed by atoms with Gasteiger partial charge >= 0.3 is 0 Å². The highest BCUT2D eigenvalue weighted by Gasteiger charge is 2.21. The van der Waals surface area contributed by atoms with Crippen LogP contribution in [-0.2, 0) is 0 Å². The molecule has 0 bridgehead atoms. The molecule has 0 unspecified atom stereocenters. The fraction of sp³-hybridized carbons (Fsp3) is 0.429. The SMILES string of the molecule is CCC(c1c(C)ccc(C)c1C)c1c(C)ccc(C)c1C. The minimum absolute atomic E-state index is 0.504. The molecule has 0 saturated heterocycles. The van der Waals surface area contributed by atoms with Crippen molar-refractivity contribution in [3.63, 3.8) is 0 Å². The molecule has 0 spiro atoms. The number of hydrogen-bond acceptors (Lipinski definition) is 0. The Hall–Kier alpha value is -1.56. The summed E-state index contributed by atoms with van der Waals surface area (Å²) < 4.78 is 0. The summed E-state index contributed by atoms with van der Waals surface area (Å²) in [7, 11) is 0. The lowest BCUT2D eigenvalue weighted by Crippen LogP contribution is -2.10. The molecule has 0 atom stereocenters. The highest BCUT2D eigenvalue weighted by Crippen LogP contribution is 2.37. The Morgan fingerprint density at radius 2 is 0.952 bits per heavy atom. The van der Waals surface area contributed by atoms with Gasteiger partial charge in [0, 0.05) is 5.92 Å². The zero-order valence-electron chi connectivity index (χ0n) is 14.6. The van der Waals surface area contributed by atoms with Crippen LogP contribution in [0.5, 0.6) is 0 Å². The van der Waals surface area contributed by atoms with Crippen LogP contribution < -0.4 is 0 Å². The second-order valence-electron chi connectivity index (χ2n) is 6.44. The Bertz CT molecular complexity index is 605. The molecular formula is C21H28. The van der Waals surface area contributed by atoms with E-state index in [0.717, 1.165) is 6.42 Å². The fourth-order valence-electron chi connectivity index (χ4n) is 3.57. The zero-order chi connectivity index (χ0) is 15.7. The van der Waals surface area contributed by atoms with Gasteiger partial charge < -0.3 is 0 Å². The van der Waals surface area contributed by atoms with E-state index < -0.39 is 0 Å². The second kappa shape index (κ2) is 6.05. The third-order valence-electron chi connectivity index (χ3n) is 5.11. The van der Waals surface area contributed by atoms with E-state index in [-0.39, 0.29) is 0 Å². The predicted molar refractivity (Wildman–Crippen MR) is 93.4 cm³/mol. The van der Waals surface area contributed by atoms with Crippen molar-refractivity contribution in [2.24, 2.45) is 0 Å². The van der Waals surface area contributed by atoms with Crippen molar-refractivity contribution in [2.75, 3.05) is 0 Å². The Morgan fingerprint density at radius 3 is 1.29 bits per heavy atom. The first-order valence-electron chi connectivity index (χ1n) is 8.01. The van der Waals surface area contributed by atoms with Gasteiger partial charge in [0.25, 0.3) is 0 Å². The molecule has 112 valence electrons. The molecule has 0 amide bonds. The fourth-order valence-corrected chi connectivity index (χ4v) is 3.57. The third kappa shape index (κ3) is 2.77. The average Bonchev–Trinajstić information content (AvgIpc) is 2.45. The van der Waals surface area contributed by atoms with Gasteiger partial charge in [-0.3, -0.25) is 0 Å². The summed E-state index contributed by atoms with van der Waals surface area (Å²) in [6.45, 7) is 15.8. The first kappa shape index (κ1) is 15.8. The summed E-state index contributed by atoms with van der Waals surface area (Å²) in [6.07, 6.45) is 1.15. The van der Waals surface area contributed by atoms with E-state index in [2.05, 4.69) is 72.7 Å². The Labute approximate surface area is 130 Å². The van der Waals surface area contributed by atoms with Crippen LogP contribution in [0.25, 0.3) is 0 Å². The number of aryl methyl sites for hydroxylation is 4. The van der Waals surface area contributed by atoms with E-state index in [4.69, 9.17) is 0 Å². The molecule has 0 saturated carbocycles. The molecule has 0 aromatic heterocycles. The minimum atomic E-state index is 0.504. The van der Waals surface area contributed by atoms with Crippen LogP contribution in [0.2, 0.25) is 0 Å². The molecule has 2 aromatic rings. The first-order valence-corrected chi connectivity index (χ1v) is 8.01. The molecule has 2 aromatic carbocycles. The molecule has 0 heterocycles. The highest BCUT2D eigenvalue weighted by atomic mass is 14.3. The molecule has 0 aliphatic heterocycles. The smallest absolute Gasteiger partial charge is 0.00974 e. The molecule has 2 rings (SSSR count). The van der Waals surface area contributed by atoms with Crippen LogP contribution in [0.3, 0.4) is 0 Å². The van der Waals surface area contributed by atoms with Gasteiger partial charge in [-0.15, -0.1) is 0 Å². The molecule has 0 heteroatoms. The lowest BCUT2D eigenvalue weighted by molar-refractivity contribution is 0.751. The molecule has 0 aliphatic carbocycles. The van der Waals surface area contributed by atoms with Crippen molar-refractivity contribution in [2.45, 2.75) is 60.8 Å². The maximum Gasteiger partial charge on any atom is 0.00974 e. The Kier molecular flexibility index (Phi) is 4.56. The summed E-state index contributed by atoms with van der Waals surface area (Å²) in [5.74, 6) is 0.504. The van der Waals surface area contributed by atoms with Gasteiger partial charge in [-0.1, -0.05) is 31.2 Å². The standard InChI is InChI=1S/C21H28/c1-8-19(20-15(4)11-9-13(2)17(20)6)21-16(5)12-10-14(3)18(21)7/h9-12,19H,8H2,1-7H3. The summed E-state index contributed by atoms with van der Waals surface area (Å²) in [5.41, 5.74) is 11.6. The van der Waals surface area contributed by atoms with Crippen LogP contribution in [0, 0.1) is 41.5 Å². The molecule has 0 aliphatic rings. The number of rotatable bonds is 3. The molecule has 0 nitrogen and oxygen atoms in total. The van der Waals surface area contributed by atoms with Crippen molar-refractivity contribution in [1.29, 1.82) is 0 Å². The zero-order valence-corrected chi connectivity index (χ0v) is 14.6. The van der Waals surface area contributed by atoms with Crippen molar-refractivity contribution >= 4 is 0 Å². The summed E-state index contributed by atoms with van der Waals surface area (Å²) in [6, 6.07) is 9.05. The summed E-state index contributed by atoms with van der Waals surface area (Å²) in [4.78, 5) is 0. The Balaban J connectivity index is 2.72. The monoisotopic (exact) mass is 280 g/mol.